The Morgan fingerprint density at radius 3 is 2.84 bits per heavy atom. The van der Waals surface area contributed by atoms with E-state index in [0.29, 0.717) is 0 Å². The maximum atomic E-state index is 4.79. The number of hydrogen-bond donors (Lipinski definition) is 0. The van der Waals surface area contributed by atoms with Crippen molar-refractivity contribution in [1.29, 1.82) is 0 Å². The van der Waals surface area contributed by atoms with Crippen molar-refractivity contribution >= 4 is 16.3 Å². The molecule has 0 aromatic carbocycles. The maximum absolute atomic E-state index is 4.79. The van der Waals surface area contributed by atoms with E-state index in [9.17, 15) is 0 Å². The van der Waals surface area contributed by atoms with Gasteiger partial charge in [0.2, 0.25) is 0 Å². The topological polar surface area (TPSA) is 35.1 Å². The van der Waals surface area contributed by atoms with Crippen molar-refractivity contribution in [1.82, 2.24) is 19.2 Å². The smallest absolute Gasteiger partial charge is 0.194 e. The van der Waals surface area contributed by atoms with Crippen LogP contribution in [0.1, 0.15) is 29.1 Å². The van der Waals surface area contributed by atoms with Crippen LogP contribution in [-0.2, 0) is 19.9 Å². The molecule has 0 aliphatic heterocycles. The minimum atomic E-state index is 1.04. The zero-order valence-electron chi connectivity index (χ0n) is 11.2. The lowest BCUT2D eigenvalue weighted by Gasteiger charge is -2.09. The minimum absolute atomic E-state index is 1.04. The quantitative estimate of drug-likeness (QED) is 0.682. The Hall–Kier alpha value is -1.62. The monoisotopic (exact) mass is 272 g/mol. The highest BCUT2D eigenvalue weighted by Crippen LogP contribution is 2.32. The van der Waals surface area contributed by atoms with Crippen molar-refractivity contribution in [3.63, 3.8) is 0 Å². The first-order valence-electron chi connectivity index (χ1n) is 6.72. The van der Waals surface area contributed by atoms with Gasteiger partial charge in [0.25, 0.3) is 0 Å². The molecule has 0 atom stereocenters. The van der Waals surface area contributed by atoms with Crippen LogP contribution in [0.25, 0.3) is 16.2 Å². The van der Waals surface area contributed by atoms with Crippen molar-refractivity contribution in [2.45, 2.75) is 32.6 Å². The van der Waals surface area contributed by atoms with Crippen molar-refractivity contribution in [3.05, 3.63) is 28.7 Å². The molecule has 3 heterocycles. The predicted molar refractivity (Wildman–Crippen MR) is 76.7 cm³/mol. The van der Waals surface area contributed by atoms with Gasteiger partial charge in [-0.1, -0.05) is 0 Å². The third-order valence-corrected chi connectivity index (χ3v) is 5.01. The Morgan fingerprint density at radius 2 is 2.05 bits per heavy atom. The number of aryl methyl sites for hydroxylation is 4. The highest BCUT2D eigenvalue weighted by molar-refractivity contribution is 7.17. The van der Waals surface area contributed by atoms with Crippen LogP contribution in [0.4, 0.5) is 0 Å². The van der Waals surface area contributed by atoms with Crippen LogP contribution >= 0.6 is 11.3 Å². The van der Waals surface area contributed by atoms with E-state index in [1.807, 2.05) is 36.2 Å². The summed E-state index contributed by atoms with van der Waals surface area (Å²) in [6, 6.07) is 0. The fourth-order valence-corrected chi connectivity index (χ4v) is 4.14. The summed E-state index contributed by atoms with van der Waals surface area (Å²) in [5.41, 5.74) is 4.71. The molecule has 3 aromatic heterocycles. The van der Waals surface area contributed by atoms with E-state index >= 15 is 0 Å². The van der Waals surface area contributed by atoms with Gasteiger partial charge >= 0.3 is 0 Å². The number of fused-ring (bicyclic) bond motifs is 3. The van der Waals surface area contributed by atoms with E-state index in [1.54, 1.807) is 0 Å². The molecule has 0 amide bonds. The molecule has 0 spiro atoms. The van der Waals surface area contributed by atoms with Gasteiger partial charge in [-0.2, -0.15) is 5.10 Å². The summed E-state index contributed by atoms with van der Waals surface area (Å²) in [5.74, 6) is 0. The van der Waals surface area contributed by atoms with Crippen LogP contribution < -0.4 is 0 Å². The normalized spacial score (nSPS) is 15.1. The predicted octanol–water partition coefficient (Wildman–Crippen LogP) is 2.98. The summed E-state index contributed by atoms with van der Waals surface area (Å²) in [6.45, 7) is 2.04. The van der Waals surface area contributed by atoms with Gasteiger partial charge in [-0.25, -0.2) is 4.98 Å². The zero-order valence-corrected chi connectivity index (χ0v) is 12.0. The second-order valence-corrected chi connectivity index (χ2v) is 6.32. The van der Waals surface area contributed by atoms with Gasteiger partial charge in [0.15, 0.2) is 4.96 Å². The average Bonchev–Trinajstić information content (AvgIpc) is 3.01. The van der Waals surface area contributed by atoms with Crippen LogP contribution in [0.2, 0.25) is 0 Å². The first kappa shape index (κ1) is 11.2. The van der Waals surface area contributed by atoms with E-state index < -0.39 is 0 Å². The van der Waals surface area contributed by atoms with Crippen molar-refractivity contribution in [2.24, 2.45) is 7.05 Å². The molecule has 0 N–H and O–H groups in total. The molecular weight excluding hydrogens is 256 g/mol. The van der Waals surface area contributed by atoms with Crippen LogP contribution in [0, 0.1) is 6.92 Å². The highest BCUT2D eigenvalue weighted by atomic mass is 32.1. The molecule has 19 heavy (non-hydrogen) atoms. The summed E-state index contributed by atoms with van der Waals surface area (Å²) in [7, 11) is 1.96. The summed E-state index contributed by atoms with van der Waals surface area (Å²) in [5, 5.41) is 4.40. The Bertz CT molecular complexity index is 762. The Kier molecular flexibility index (Phi) is 2.33. The molecule has 0 saturated carbocycles. The van der Waals surface area contributed by atoms with Gasteiger partial charge in [-0.15, -0.1) is 11.3 Å². The first-order valence-corrected chi connectivity index (χ1v) is 7.54. The second-order valence-electron chi connectivity index (χ2n) is 5.26. The highest BCUT2D eigenvalue weighted by Gasteiger charge is 2.19. The van der Waals surface area contributed by atoms with Crippen molar-refractivity contribution < 1.29 is 0 Å². The summed E-state index contributed by atoms with van der Waals surface area (Å²) in [4.78, 5) is 7.45. The molecule has 0 bridgehead atoms. The lowest BCUT2D eigenvalue weighted by atomic mass is 10.0. The number of nitrogens with zero attached hydrogens (tertiary/aromatic N) is 4. The zero-order chi connectivity index (χ0) is 13.0. The number of imidazole rings is 1. The van der Waals surface area contributed by atoms with Gasteiger partial charge in [-0.05, 0) is 32.6 Å². The van der Waals surface area contributed by atoms with Crippen LogP contribution in [0.3, 0.4) is 0 Å². The number of aromatic nitrogens is 4. The van der Waals surface area contributed by atoms with Crippen LogP contribution in [-0.4, -0.2) is 19.2 Å². The standard InChI is InChI=1S/C14H16N4S/c1-9-10(7-17(2)16-9)11-8-18-12-5-3-4-6-13(12)19-14(18)15-11/h7-8H,3-6H2,1-2H3. The molecule has 4 rings (SSSR count). The number of hydrogen-bond acceptors (Lipinski definition) is 3. The van der Waals surface area contributed by atoms with Crippen molar-refractivity contribution in [3.8, 4) is 11.3 Å². The molecule has 0 radical (unpaired) electrons. The molecule has 1 aliphatic rings. The number of rotatable bonds is 1. The third kappa shape index (κ3) is 1.64. The van der Waals surface area contributed by atoms with E-state index in [1.165, 1.54) is 36.3 Å². The molecule has 0 fully saturated rings. The molecule has 98 valence electrons. The first-order chi connectivity index (χ1) is 9.22. The summed E-state index contributed by atoms with van der Waals surface area (Å²) >= 11 is 1.85. The van der Waals surface area contributed by atoms with Gasteiger partial charge in [0.1, 0.15) is 0 Å². The average molecular weight is 272 g/mol. The molecule has 5 heteroatoms. The molecule has 3 aromatic rings. The molecule has 1 aliphatic carbocycles. The summed E-state index contributed by atoms with van der Waals surface area (Å²) < 4.78 is 4.15. The SMILES string of the molecule is Cc1nn(C)cc1-c1cn2c3c(sc2n1)CCCC3. The third-order valence-electron chi connectivity index (χ3n) is 3.86. The minimum Gasteiger partial charge on any atom is -0.294 e. The Labute approximate surface area is 115 Å². The van der Waals surface area contributed by atoms with Crippen LogP contribution in [0.15, 0.2) is 12.4 Å². The second kappa shape index (κ2) is 3.93. The molecular formula is C14H16N4S. The lowest BCUT2D eigenvalue weighted by molar-refractivity contribution is 0.674. The molecule has 4 nitrogen and oxygen atoms in total. The van der Waals surface area contributed by atoms with Gasteiger partial charge in [-0.3, -0.25) is 9.08 Å². The lowest BCUT2D eigenvalue weighted by Crippen LogP contribution is -2.01. The number of thiazole rings is 1. The van der Waals surface area contributed by atoms with E-state index in [0.717, 1.165) is 21.9 Å². The van der Waals surface area contributed by atoms with Gasteiger partial charge < -0.3 is 0 Å². The van der Waals surface area contributed by atoms with E-state index in [4.69, 9.17) is 4.98 Å². The molecule has 0 unspecified atom stereocenters. The van der Waals surface area contributed by atoms with E-state index in [2.05, 4.69) is 15.7 Å². The van der Waals surface area contributed by atoms with Crippen molar-refractivity contribution in [2.75, 3.05) is 0 Å². The maximum Gasteiger partial charge on any atom is 0.194 e. The van der Waals surface area contributed by atoms with Crippen LogP contribution in [0.5, 0.6) is 0 Å². The fourth-order valence-electron chi connectivity index (χ4n) is 2.95. The Balaban J connectivity index is 1.89. The fraction of sp³-hybridized carbons (Fsp3) is 0.429. The Morgan fingerprint density at radius 1 is 1.21 bits per heavy atom. The van der Waals surface area contributed by atoms with Gasteiger partial charge in [0.05, 0.1) is 11.4 Å². The van der Waals surface area contributed by atoms with E-state index in [-0.39, 0.29) is 0 Å². The van der Waals surface area contributed by atoms with Gasteiger partial charge in [0, 0.05) is 35.6 Å². The largest absolute Gasteiger partial charge is 0.294 e. The molecule has 0 saturated heterocycles. The summed E-state index contributed by atoms with van der Waals surface area (Å²) in [6.07, 6.45) is 9.28.